The molecule has 1 aromatic carbocycles. The quantitative estimate of drug-likeness (QED) is 0.928. The standard InChI is InChI=1S/C16H22N2O3/c1-12-4-3-5-14(10-12)15(19)17-11-13-6-8-18(9-7-13)16(20)21-2/h3-5,10,13H,6-9,11H2,1-2H3,(H,17,19). The molecule has 1 heterocycles. The molecule has 0 aromatic heterocycles. The van der Waals surface area contributed by atoms with Crippen molar-refractivity contribution in [3.05, 3.63) is 35.4 Å². The number of rotatable bonds is 3. The molecule has 0 radical (unpaired) electrons. The zero-order valence-electron chi connectivity index (χ0n) is 12.6. The summed E-state index contributed by atoms with van der Waals surface area (Å²) in [7, 11) is 1.40. The highest BCUT2D eigenvalue weighted by Gasteiger charge is 2.23. The third kappa shape index (κ3) is 4.21. The minimum atomic E-state index is -0.266. The number of amides is 2. The van der Waals surface area contributed by atoms with Gasteiger partial charge in [-0.05, 0) is 37.8 Å². The number of methoxy groups -OCH3 is 1. The first-order valence-corrected chi connectivity index (χ1v) is 7.28. The fourth-order valence-corrected chi connectivity index (χ4v) is 2.57. The van der Waals surface area contributed by atoms with Gasteiger partial charge < -0.3 is 15.0 Å². The van der Waals surface area contributed by atoms with Gasteiger partial charge >= 0.3 is 6.09 Å². The predicted octanol–water partition coefficient (Wildman–Crippen LogP) is 2.20. The molecule has 0 aliphatic carbocycles. The van der Waals surface area contributed by atoms with Gasteiger partial charge in [-0.3, -0.25) is 4.79 Å². The van der Waals surface area contributed by atoms with Gasteiger partial charge in [0, 0.05) is 25.2 Å². The molecule has 5 heteroatoms. The molecule has 1 aliphatic rings. The van der Waals surface area contributed by atoms with E-state index in [9.17, 15) is 9.59 Å². The molecule has 114 valence electrons. The first-order chi connectivity index (χ1) is 10.1. The third-order valence-electron chi connectivity index (χ3n) is 3.88. The summed E-state index contributed by atoms with van der Waals surface area (Å²) < 4.78 is 4.71. The van der Waals surface area contributed by atoms with Crippen LogP contribution in [0.1, 0.15) is 28.8 Å². The van der Waals surface area contributed by atoms with Crippen molar-refractivity contribution in [2.75, 3.05) is 26.7 Å². The molecule has 21 heavy (non-hydrogen) atoms. The maximum absolute atomic E-state index is 12.1. The van der Waals surface area contributed by atoms with Crippen LogP contribution in [0.5, 0.6) is 0 Å². The maximum Gasteiger partial charge on any atom is 0.409 e. The van der Waals surface area contributed by atoms with Gasteiger partial charge in [0.25, 0.3) is 5.91 Å². The van der Waals surface area contributed by atoms with Crippen molar-refractivity contribution in [3.8, 4) is 0 Å². The van der Waals surface area contributed by atoms with E-state index in [1.807, 2.05) is 31.2 Å². The van der Waals surface area contributed by atoms with Gasteiger partial charge in [0.1, 0.15) is 0 Å². The molecule has 5 nitrogen and oxygen atoms in total. The average molecular weight is 290 g/mol. The summed E-state index contributed by atoms with van der Waals surface area (Å²) in [4.78, 5) is 25.2. The van der Waals surface area contributed by atoms with E-state index in [1.54, 1.807) is 4.90 Å². The first-order valence-electron chi connectivity index (χ1n) is 7.28. The molecule has 0 unspecified atom stereocenters. The lowest BCUT2D eigenvalue weighted by molar-refractivity contribution is 0.0914. The molecule has 1 aromatic rings. The number of hydrogen-bond donors (Lipinski definition) is 1. The van der Waals surface area contributed by atoms with Crippen LogP contribution in [0, 0.1) is 12.8 Å². The molecule has 0 atom stereocenters. The second kappa shape index (κ2) is 7.11. The monoisotopic (exact) mass is 290 g/mol. The average Bonchev–Trinajstić information content (AvgIpc) is 2.52. The number of piperidine rings is 1. The molecular formula is C16H22N2O3. The van der Waals surface area contributed by atoms with Crippen LogP contribution in [0.2, 0.25) is 0 Å². The van der Waals surface area contributed by atoms with Crippen molar-refractivity contribution < 1.29 is 14.3 Å². The summed E-state index contributed by atoms with van der Waals surface area (Å²) in [6, 6.07) is 7.57. The van der Waals surface area contributed by atoms with Crippen molar-refractivity contribution in [1.29, 1.82) is 0 Å². The van der Waals surface area contributed by atoms with Gasteiger partial charge in [-0.1, -0.05) is 17.7 Å². The van der Waals surface area contributed by atoms with Gasteiger partial charge in [0.05, 0.1) is 7.11 Å². The molecule has 2 amide bonds. The van der Waals surface area contributed by atoms with Crippen molar-refractivity contribution >= 4 is 12.0 Å². The Morgan fingerprint density at radius 1 is 1.33 bits per heavy atom. The highest BCUT2D eigenvalue weighted by molar-refractivity contribution is 5.94. The Kier molecular flexibility index (Phi) is 5.20. The smallest absolute Gasteiger partial charge is 0.409 e. The molecule has 2 rings (SSSR count). The molecule has 1 N–H and O–H groups in total. The normalized spacial score (nSPS) is 15.6. The Hall–Kier alpha value is -2.04. The van der Waals surface area contributed by atoms with E-state index >= 15 is 0 Å². The van der Waals surface area contributed by atoms with E-state index in [1.165, 1.54) is 7.11 Å². The number of nitrogens with one attached hydrogen (secondary N) is 1. The van der Waals surface area contributed by atoms with Crippen LogP contribution in [0.3, 0.4) is 0 Å². The highest BCUT2D eigenvalue weighted by Crippen LogP contribution is 2.17. The van der Waals surface area contributed by atoms with Crippen LogP contribution in [0.15, 0.2) is 24.3 Å². The molecule has 0 saturated carbocycles. The predicted molar refractivity (Wildman–Crippen MR) is 80.2 cm³/mol. The largest absolute Gasteiger partial charge is 0.453 e. The molecule has 1 saturated heterocycles. The number of nitrogens with zero attached hydrogens (tertiary/aromatic N) is 1. The van der Waals surface area contributed by atoms with Gasteiger partial charge in [-0.2, -0.15) is 0 Å². The third-order valence-corrected chi connectivity index (χ3v) is 3.88. The SMILES string of the molecule is COC(=O)N1CCC(CNC(=O)c2cccc(C)c2)CC1. The molecular weight excluding hydrogens is 268 g/mol. The lowest BCUT2D eigenvalue weighted by Gasteiger charge is -2.30. The summed E-state index contributed by atoms with van der Waals surface area (Å²) in [6.07, 6.45) is 1.52. The lowest BCUT2D eigenvalue weighted by Crippen LogP contribution is -2.41. The topological polar surface area (TPSA) is 58.6 Å². The van der Waals surface area contributed by atoms with Gasteiger partial charge in [-0.15, -0.1) is 0 Å². The van der Waals surface area contributed by atoms with Crippen molar-refractivity contribution in [2.24, 2.45) is 5.92 Å². The van der Waals surface area contributed by atoms with Crippen molar-refractivity contribution in [3.63, 3.8) is 0 Å². The number of aryl methyl sites for hydroxylation is 1. The summed E-state index contributed by atoms with van der Waals surface area (Å²) >= 11 is 0. The van der Waals surface area contributed by atoms with Gasteiger partial charge in [-0.25, -0.2) is 4.79 Å². The van der Waals surface area contributed by atoms with Crippen molar-refractivity contribution in [2.45, 2.75) is 19.8 Å². The Morgan fingerprint density at radius 2 is 2.05 bits per heavy atom. The fraction of sp³-hybridized carbons (Fsp3) is 0.500. The van der Waals surface area contributed by atoms with Crippen LogP contribution in [-0.4, -0.2) is 43.6 Å². The first kappa shape index (κ1) is 15.4. The minimum absolute atomic E-state index is 0.0332. The van der Waals surface area contributed by atoms with E-state index in [2.05, 4.69) is 5.32 Å². The van der Waals surface area contributed by atoms with Crippen molar-refractivity contribution in [1.82, 2.24) is 10.2 Å². The summed E-state index contributed by atoms with van der Waals surface area (Å²) in [5, 5.41) is 2.98. The Labute approximate surface area is 125 Å². The Morgan fingerprint density at radius 3 is 2.67 bits per heavy atom. The van der Waals surface area contributed by atoms with Crippen LogP contribution < -0.4 is 5.32 Å². The van der Waals surface area contributed by atoms with Crippen LogP contribution >= 0.6 is 0 Å². The zero-order chi connectivity index (χ0) is 15.2. The highest BCUT2D eigenvalue weighted by atomic mass is 16.5. The Balaban J connectivity index is 1.77. The summed E-state index contributed by atoms with van der Waals surface area (Å²) in [5.41, 5.74) is 1.77. The second-order valence-electron chi connectivity index (χ2n) is 5.48. The molecule has 1 fully saturated rings. The Bertz CT molecular complexity index is 508. The molecule has 0 bridgehead atoms. The minimum Gasteiger partial charge on any atom is -0.453 e. The number of ether oxygens (including phenoxy) is 1. The second-order valence-corrected chi connectivity index (χ2v) is 5.48. The summed E-state index contributed by atoms with van der Waals surface area (Å²) in [5.74, 6) is 0.383. The van der Waals surface area contributed by atoms with E-state index in [4.69, 9.17) is 4.74 Å². The molecule has 1 aliphatic heterocycles. The van der Waals surface area contributed by atoms with E-state index < -0.39 is 0 Å². The van der Waals surface area contributed by atoms with E-state index in [0.717, 1.165) is 18.4 Å². The fourth-order valence-electron chi connectivity index (χ4n) is 2.57. The van der Waals surface area contributed by atoms with Gasteiger partial charge in [0.2, 0.25) is 0 Å². The van der Waals surface area contributed by atoms with Gasteiger partial charge in [0.15, 0.2) is 0 Å². The van der Waals surface area contributed by atoms with E-state index in [-0.39, 0.29) is 12.0 Å². The van der Waals surface area contributed by atoms with E-state index in [0.29, 0.717) is 31.1 Å². The number of hydrogen-bond acceptors (Lipinski definition) is 3. The van der Waals surface area contributed by atoms with Crippen LogP contribution in [-0.2, 0) is 4.74 Å². The lowest BCUT2D eigenvalue weighted by atomic mass is 9.97. The van der Waals surface area contributed by atoms with Crippen LogP contribution in [0.4, 0.5) is 4.79 Å². The number of carbonyl (C=O) groups is 2. The maximum atomic E-state index is 12.1. The number of likely N-dealkylation sites (tertiary alicyclic amines) is 1. The zero-order valence-corrected chi connectivity index (χ0v) is 12.6. The van der Waals surface area contributed by atoms with Crippen LogP contribution in [0.25, 0.3) is 0 Å². The number of benzene rings is 1. The number of carbonyl (C=O) groups excluding carboxylic acids is 2. The summed E-state index contributed by atoms with van der Waals surface area (Å²) in [6.45, 7) is 4.01. The molecule has 0 spiro atoms.